The van der Waals surface area contributed by atoms with Crippen molar-refractivity contribution in [3.63, 3.8) is 0 Å². The molecule has 0 aliphatic heterocycles. The third-order valence-electron chi connectivity index (χ3n) is 4.21. The highest BCUT2D eigenvalue weighted by Gasteiger charge is 2.27. The third kappa shape index (κ3) is 2.06. The first kappa shape index (κ1) is 13.9. The van der Waals surface area contributed by atoms with Crippen LogP contribution in [0.2, 0.25) is 0 Å². The maximum absolute atomic E-state index is 12.2. The van der Waals surface area contributed by atoms with Crippen LogP contribution in [0.25, 0.3) is 11.2 Å². The number of fused-ring (bicyclic) bond motifs is 1. The number of aliphatic hydroxyl groups is 1. The zero-order chi connectivity index (χ0) is 15.1. The Morgan fingerprint density at radius 3 is 2.62 bits per heavy atom. The quantitative estimate of drug-likeness (QED) is 0.778. The van der Waals surface area contributed by atoms with Gasteiger partial charge in [-0.25, -0.2) is 4.79 Å². The number of aromatic nitrogens is 4. The largest absolute Gasteiger partial charge is 0.395 e. The van der Waals surface area contributed by atoms with Crippen LogP contribution >= 0.6 is 0 Å². The molecule has 0 radical (unpaired) electrons. The van der Waals surface area contributed by atoms with Gasteiger partial charge in [0.25, 0.3) is 5.56 Å². The molecule has 2 aromatic rings. The number of nitrogens with zero attached hydrogens (tertiary/aromatic N) is 4. The molecule has 0 bridgehead atoms. The van der Waals surface area contributed by atoms with Gasteiger partial charge in [-0.05, 0) is 19.3 Å². The van der Waals surface area contributed by atoms with Crippen molar-refractivity contribution in [2.75, 3.05) is 18.1 Å². The number of hydrogen-bond donors (Lipinski definition) is 2. The average Bonchev–Trinajstić information content (AvgIpc) is 2.85. The normalized spacial score (nSPS) is 15.4. The fourth-order valence-corrected chi connectivity index (χ4v) is 2.72. The monoisotopic (exact) mass is 293 g/mol. The van der Waals surface area contributed by atoms with Gasteiger partial charge in [-0.15, -0.1) is 0 Å². The Morgan fingerprint density at radius 2 is 2.05 bits per heavy atom. The summed E-state index contributed by atoms with van der Waals surface area (Å²) in [5.74, 6) is 0.544. The standard InChI is InChI=1S/C13H19N5O3/c1-16-10-9(11(20)17(2)13(16)21)14-12(15-10)18(6-7-19)8-4-3-5-8/h8,19H,3-7H2,1-2H3,(H,14,15). The van der Waals surface area contributed by atoms with Gasteiger partial charge in [-0.1, -0.05) is 0 Å². The minimum absolute atomic E-state index is 0.0183. The molecule has 2 heterocycles. The molecule has 0 aromatic carbocycles. The number of nitrogens with one attached hydrogen (secondary N) is 1. The van der Waals surface area contributed by atoms with Crippen LogP contribution in [0.5, 0.6) is 0 Å². The highest BCUT2D eigenvalue weighted by atomic mass is 16.3. The van der Waals surface area contributed by atoms with Crippen LogP contribution in [0, 0.1) is 0 Å². The third-order valence-corrected chi connectivity index (χ3v) is 4.21. The number of hydrogen-bond acceptors (Lipinski definition) is 5. The van der Waals surface area contributed by atoms with Gasteiger partial charge < -0.3 is 15.0 Å². The highest BCUT2D eigenvalue weighted by molar-refractivity contribution is 5.73. The van der Waals surface area contributed by atoms with E-state index in [-0.39, 0.29) is 12.2 Å². The van der Waals surface area contributed by atoms with Crippen LogP contribution in [0.15, 0.2) is 9.59 Å². The second kappa shape index (κ2) is 5.03. The molecule has 2 N–H and O–H groups in total. The minimum atomic E-state index is -0.400. The van der Waals surface area contributed by atoms with Crippen molar-refractivity contribution >= 4 is 17.1 Å². The van der Waals surface area contributed by atoms with Gasteiger partial charge in [0.15, 0.2) is 11.2 Å². The lowest BCUT2D eigenvalue weighted by molar-refractivity contribution is 0.282. The summed E-state index contributed by atoms with van der Waals surface area (Å²) in [6.45, 7) is 0.475. The summed E-state index contributed by atoms with van der Waals surface area (Å²) in [7, 11) is 3.04. The van der Waals surface area contributed by atoms with Crippen molar-refractivity contribution in [2.45, 2.75) is 25.3 Å². The number of H-pyrrole nitrogens is 1. The first-order valence-corrected chi connectivity index (χ1v) is 7.08. The molecule has 3 rings (SSSR count). The molecule has 0 amide bonds. The first-order valence-electron chi connectivity index (χ1n) is 7.08. The minimum Gasteiger partial charge on any atom is -0.395 e. The fraction of sp³-hybridized carbons (Fsp3) is 0.615. The molecule has 114 valence electrons. The summed E-state index contributed by atoms with van der Waals surface area (Å²) in [5.41, 5.74) is -0.121. The lowest BCUT2D eigenvalue weighted by Crippen LogP contribution is -2.42. The van der Waals surface area contributed by atoms with E-state index in [0.717, 1.165) is 23.8 Å². The molecule has 2 aromatic heterocycles. The number of imidazole rings is 1. The topological polar surface area (TPSA) is 96.2 Å². The van der Waals surface area contributed by atoms with E-state index in [1.807, 2.05) is 4.90 Å². The zero-order valence-electron chi connectivity index (χ0n) is 12.2. The van der Waals surface area contributed by atoms with E-state index >= 15 is 0 Å². The van der Waals surface area contributed by atoms with E-state index in [4.69, 9.17) is 0 Å². The molecular formula is C13H19N5O3. The molecule has 1 aliphatic rings. The van der Waals surface area contributed by atoms with Crippen LogP contribution in [0.1, 0.15) is 19.3 Å². The fourth-order valence-electron chi connectivity index (χ4n) is 2.72. The molecule has 1 fully saturated rings. The van der Waals surface area contributed by atoms with Crippen LogP contribution < -0.4 is 16.1 Å². The molecule has 1 saturated carbocycles. The van der Waals surface area contributed by atoms with Crippen molar-refractivity contribution in [3.05, 3.63) is 20.8 Å². The Morgan fingerprint density at radius 1 is 1.33 bits per heavy atom. The van der Waals surface area contributed by atoms with Gasteiger partial charge in [0.05, 0.1) is 6.61 Å². The second-order valence-corrected chi connectivity index (χ2v) is 5.47. The zero-order valence-corrected chi connectivity index (χ0v) is 12.2. The van der Waals surface area contributed by atoms with Crippen LogP contribution in [-0.2, 0) is 14.1 Å². The van der Waals surface area contributed by atoms with E-state index in [1.165, 1.54) is 11.6 Å². The summed E-state index contributed by atoms with van der Waals surface area (Å²) in [4.78, 5) is 33.5. The van der Waals surface area contributed by atoms with E-state index < -0.39 is 5.69 Å². The van der Waals surface area contributed by atoms with Crippen LogP contribution in [0.4, 0.5) is 5.95 Å². The molecule has 8 nitrogen and oxygen atoms in total. The van der Waals surface area contributed by atoms with Gasteiger partial charge >= 0.3 is 5.69 Å². The first-order chi connectivity index (χ1) is 10.0. The molecule has 0 atom stereocenters. The van der Waals surface area contributed by atoms with Crippen LogP contribution in [-0.4, -0.2) is 43.4 Å². The van der Waals surface area contributed by atoms with Gasteiger partial charge in [-0.2, -0.15) is 4.98 Å². The van der Waals surface area contributed by atoms with Crippen molar-refractivity contribution in [3.8, 4) is 0 Å². The molecule has 1 aliphatic carbocycles. The molecule has 0 unspecified atom stereocenters. The number of rotatable bonds is 4. The summed E-state index contributed by atoms with van der Waals surface area (Å²) >= 11 is 0. The second-order valence-electron chi connectivity index (χ2n) is 5.47. The van der Waals surface area contributed by atoms with E-state index in [1.54, 1.807) is 7.05 Å². The van der Waals surface area contributed by atoms with Crippen molar-refractivity contribution in [2.24, 2.45) is 14.1 Å². The van der Waals surface area contributed by atoms with Gasteiger partial charge in [0, 0.05) is 26.7 Å². The van der Waals surface area contributed by atoms with Crippen molar-refractivity contribution in [1.82, 2.24) is 19.1 Å². The predicted octanol–water partition coefficient (Wildman–Crippen LogP) is -0.689. The number of anilines is 1. The van der Waals surface area contributed by atoms with E-state index in [9.17, 15) is 14.7 Å². The molecule has 8 heteroatoms. The van der Waals surface area contributed by atoms with E-state index in [2.05, 4.69) is 9.97 Å². The van der Waals surface area contributed by atoms with Crippen molar-refractivity contribution in [1.29, 1.82) is 0 Å². The number of aromatic amines is 1. The Labute approximate surface area is 120 Å². The lowest BCUT2D eigenvalue weighted by Gasteiger charge is -2.36. The molecule has 0 spiro atoms. The lowest BCUT2D eigenvalue weighted by atomic mass is 9.92. The Hall–Kier alpha value is -2.09. The summed E-state index contributed by atoms with van der Waals surface area (Å²) in [6.07, 6.45) is 3.26. The van der Waals surface area contributed by atoms with Gasteiger partial charge in [0.1, 0.15) is 0 Å². The summed E-state index contributed by atoms with van der Waals surface area (Å²) < 4.78 is 2.42. The predicted molar refractivity (Wildman–Crippen MR) is 78.6 cm³/mol. The summed E-state index contributed by atoms with van der Waals surface area (Å²) in [6, 6.07) is 0.332. The SMILES string of the molecule is Cn1c(=O)c2[nH]c(N(CCO)C3CCC3)nc2n(C)c1=O. The maximum atomic E-state index is 12.2. The molecule has 21 heavy (non-hydrogen) atoms. The Balaban J connectivity index is 2.16. The maximum Gasteiger partial charge on any atom is 0.332 e. The number of aryl methyl sites for hydroxylation is 1. The highest BCUT2D eigenvalue weighted by Crippen LogP contribution is 2.28. The smallest absolute Gasteiger partial charge is 0.332 e. The average molecular weight is 293 g/mol. The Bertz CT molecular complexity index is 783. The van der Waals surface area contributed by atoms with Gasteiger partial charge in [-0.3, -0.25) is 13.9 Å². The number of aliphatic hydroxyl groups excluding tert-OH is 1. The molecule has 0 saturated heterocycles. The van der Waals surface area contributed by atoms with Crippen molar-refractivity contribution < 1.29 is 5.11 Å². The van der Waals surface area contributed by atoms with E-state index in [0.29, 0.717) is 29.7 Å². The molecular weight excluding hydrogens is 274 g/mol. The summed E-state index contributed by atoms with van der Waals surface area (Å²) in [5, 5.41) is 9.23. The Kier molecular flexibility index (Phi) is 3.32. The van der Waals surface area contributed by atoms with Crippen LogP contribution in [0.3, 0.4) is 0 Å². The van der Waals surface area contributed by atoms with Gasteiger partial charge in [0.2, 0.25) is 5.95 Å².